The predicted molar refractivity (Wildman–Crippen MR) is 97.9 cm³/mol. The molecule has 0 aliphatic carbocycles. The van der Waals surface area contributed by atoms with E-state index in [-0.39, 0.29) is 16.8 Å². The number of nitrogens with zero attached hydrogens (tertiary/aromatic N) is 2. The van der Waals surface area contributed by atoms with E-state index in [0.29, 0.717) is 5.69 Å². The Morgan fingerprint density at radius 2 is 1.74 bits per heavy atom. The van der Waals surface area contributed by atoms with Crippen molar-refractivity contribution >= 4 is 34.8 Å². The van der Waals surface area contributed by atoms with Crippen LogP contribution in [0.1, 0.15) is 36.7 Å². The molecule has 8 heteroatoms. The molecule has 1 aliphatic rings. The molecule has 0 spiro atoms. The maximum Gasteiger partial charge on any atom is 0.306 e. The zero-order valence-electron chi connectivity index (χ0n) is 15.0. The predicted octanol–water partition coefficient (Wildman–Crippen LogP) is 2.83. The van der Waals surface area contributed by atoms with Crippen molar-refractivity contribution in [2.45, 2.75) is 26.2 Å². The number of amides is 3. The van der Waals surface area contributed by atoms with E-state index in [1.807, 2.05) is 0 Å². The summed E-state index contributed by atoms with van der Waals surface area (Å²) in [4.78, 5) is 49.3. The molecule has 27 heavy (non-hydrogen) atoms. The summed E-state index contributed by atoms with van der Waals surface area (Å²) in [5.74, 6) is -1.83. The van der Waals surface area contributed by atoms with Gasteiger partial charge in [-0.15, -0.1) is 0 Å². The highest BCUT2D eigenvalue weighted by atomic mass is 16.6. The average Bonchev–Trinajstić information content (AvgIpc) is 2.60. The number of carbonyl (C=O) groups excluding carboxylic acids is 3. The number of nitro groups is 1. The number of carbonyl (C=O) groups is 3. The van der Waals surface area contributed by atoms with Gasteiger partial charge in [-0.25, -0.2) is 0 Å². The number of nitro benzene ring substituents is 1. The summed E-state index contributed by atoms with van der Waals surface area (Å²) in [5, 5.41) is 14.1. The molecule has 1 N–H and O–H groups in total. The highest BCUT2D eigenvalue weighted by Crippen LogP contribution is 2.42. The molecule has 1 aliphatic heterocycles. The maximum atomic E-state index is 12.5. The van der Waals surface area contributed by atoms with E-state index in [2.05, 4.69) is 5.32 Å². The molecule has 8 nitrogen and oxygen atoms in total. The normalized spacial score (nSPS) is 14.9. The van der Waals surface area contributed by atoms with E-state index < -0.39 is 33.7 Å². The van der Waals surface area contributed by atoms with Crippen molar-refractivity contribution in [3.63, 3.8) is 0 Å². The van der Waals surface area contributed by atoms with Gasteiger partial charge in [0, 0.05) is 12.6 Å². The number of nitrogens with one attached hydrogen (secondary N) is 1. The minimum Gasteiger partial charge on any atom is -0.291 e. The van der Waals surface area contributed by atoms with Crippen molar-refractivity contribution in [2.24, 2.45) is 0 Å². The van der Waals surface area contributed by atoms with Gasteiger partial charge in [0.05, 0.1) is 10.3 Å². The monoisotopic (exact) mass is 367 g/mol. The summed E-state index contributed by atoms with van der Waals surface area (Å²) in [7, 11) is 0. The van der Waals surface area contributed by atoms with E-state index in [0.717, 1.165) is 0 Å². The molecule has 1 heterocycles. The van der Waals surface area contributed by atoms with Crippen LogP contribution in [0.15, 0.2) is 42.5 Å². The van der Waals surface area contributed by atoms with Crippen LogP contribution < -0.4 is 10.2 Å². The lowest BCUT2D eigenvalue weighted by molar-refractivity contribution is -0.384. The van der Waals surface area contributed by atoms with Gasteiger partial charge >= 0.3 is 5.69 Å². The summed E-state index contributed by atoms with van der Waals surface area (Å²) >= 11 is 0. The van der Waals surface area contributed by atoms with Crippen LogP contribution in [-0.2, 0) is 15.0 Å². The van der Waals surface area contributed by atoms with E-state index >= 15 is 0 Å². The van der Waals surface area contributed by atoms with Gasteiger partial charge in [0.25, 0.3) is 5.91 Å². The lowest BCUT2D eigenvalue weighted by Gasteiger charge is -2.31. The number of rotatable bonds is 3. The van der Waals surface area contributed by atoms with Crippen molar-refractivity contribution in [2.75, 3.05) is 4.90 Å². The third-order valence-corrected chi connectivity index (χ3v) is 4.60. The van der Waals surface area contributed by atoms with E-state index in [9.17, 15) is 24.5 Å². The molecule has 0 radical (unpaired) electrons. The molecule has 0 saturated carbocycles. The molecule has 3 rings (SSSR count). The highest BCUT2D eigenvalue weighted by Gasteiger charge is 2.44. The van der Waals surface area contributed by atoms with Crippen molar-refractivity contribution in [1.82, 2.24) is 5.32 Å². The second-order valence-electron chi connectivity index (χ2n) is 6.71. The summed E-state index contributed by atoms with van der Waals surface area (Å²) in [6.45, 7) is 4.44. The molecule has 2 aromatic carbocycles. The van der Waals surface area contributed by atoms with Gasteiger partial charge in [-0.05, 0) is 37.6 Å². The minimum atomic E-state index is -1.12. The van der Waals surface area contributed by atoms with Gasteiger partial charge in [0.1, 0.15) is 11.3 Å². The SMILES string of the molecule is CC(=O)N(c1ccccc1)c1ccc2c(c1[N+](=O)[O-])C(=O)NC(=O)C2(C)C. The molecular formula is C19H17N3O5. The van der Waals surface area contributed by atoms with Crippen LogP contribution in [0, 0.1) is 10.1 Å². The molecule has 0 unspecified atom stereocenters. The Labute approximate surface area is 154 Å². The van der Waals surface area contributed by atoms with Gasteiger partial charge in [0.15, 0.2) is 0 Å². The van der Waals surface area contributed by atoms with Crippen LogP contribution in [0.4, 0.5) is 17.1 Å². The van der Waals surface area contributed by atoms with Crippen molar-refractivity contribution in [3.8, 4) is 0 Å². The Hall–Kier alpha value is -3.55. The van der Waals surface area contributed by atoms with Gasteiger partial charge < -0.3 is 0 Å². The van der Waals surface area contributed by atoms with E-state index in [4.69, 9.17) is 0 Å². The first-order valence-electron chi connectivity index (χ1n) is 8.19. The maximum absolute atomic E-state index is 12.5. The zero-order valence-corrected chi connectivity index (χ0v) is 15.0. The van der Waals surface area contributed by atoms with Gasteiger partial charge in [0.2, 0.25) is 11.8 Å². The highest BCUT2D eigenvalue weighted by molar-refractivity contribution is 6.17. The Bertz CT molecular complexity index is 982. The number of benzene rings is 2. The lowest BCUT2D eigenvalue weighted by atomic mass is 9.77. The molecule has 2 aromatic rings. The summed E-state index contributed by atoms with van der Waals surface area (Å²) in [6, 6.07) is 11.3. The summed E-state index contributed by atoms with van der Waals surface area (Å²) in [6.07, 6.45) is 0. The van der Waals surface area contributed by atoms with Crippen LogP contribution in [0.3, 0.4) is 0 Å². The van der Waals surface area contributed by atoms with E-state index in [1.165, 1.54) is 24.0 Å². The Morgan fingerprint density at radius 3 is 2.30 bits per heavy atom. The Balaban J connectivity index is 2.35. The summed E-state index contributed by atoms with van der Waals surface area (Å²) in [5.41, 5.74) is -1.19. The molecule has 0 atom stereocenters. The smallest absolute Gasteiger partial charge is 0.291 e. The lowest BCUT2D eigenvalue weighted by Crippen LogP contribution is -2.49. The molecule has 0 aromatic heterocycles. The van der Waals surface area contributed by atoms with Crippen molar-refractivity contribution in [3.05, 3.63) is 63.7 Å². The second-order valence-corrected chi connectivity index (χ2v) is 6.71. The third-order valence-electron chi connectivity index (χ3n) is 4.60. The molecule has 0 bridgehead atoms. The Kier molecular flexibility index (Phi) is 4.27. The van der Waals surface area contributed by atoms with Gasteiger partial charge in [-0.2, -0.15) is 0 Å². The van der Waals surface area contributed by atoms with Crippen molar-refractivity contribution < 1.29 is 19.3 Å². The molecule has 138 valence electrons. The number of para-hydroxylation sites is 1. The fourth-order valence-electron chi connectivity index (χ4n) is 3.21. The van der Waals surface area contributed by atoms with Crippen LogP contribution in [0.5, 0.6) is 0 Å². The summed E-state index contributed by atoms with van der Waals surface area (Å²) < 4.78 is 0. The van der Waals surface area contributed by atoms with Crippen LogP contribution >= 0.6 is 0 Å². The largest absolute Gasteiger partial charge is 0.306 e. The molecule has 3 amide bonds. The minimum absolute atomic E-state index is 0.0299. The zero-order chi connectivity index (χ0) is 19.9. The van der Waals surface area contributed by atoms with Crippen LogP contribution in [0.25, 0.3) is 0 Å². The van der Waals surface area contributed by atoms with Crippen LogP contribution in [0.2, 0.25) is 0 Å². The average molecular weight is 367 g/mol. The number of anilines is 2. The quantitative estimate of drug-likeness (QED) is 0.510. The molecule has 0 saturated heterocycles. The number of imide groups is 1. The van der Waals surface area contributed by atoms with Gasteiger partial charge in [-0.3, -0.25) is 34.7 Å². The topological polar surface area (TPSA) is 110 Å². The first-order chi connectivity index (χ1) is 12.7. The van der Waals surface area contributed by atoms with Crippen molar-refractivity contribution in [1.29, 1.82) is 0 Å². The second kappa shape index (κ2) is 6.31. The molecular weight excluding hydrogens is 350 g/mol. The number of fused-ring (bicyclic) bond motifs is 1. The number of hydrogen-bond donors (Lipinski definition) is 1. The standard InChI is InChI=1S/C19H17N3O5/c1-11(23)21(12-7-5-4-6-8-12)14-10-9-13-15(16(14)22(26)27)17(24)20-18(25)19(13,2)3/h4-10H,1-3H3,(H,20,24,25). The number of hydrogen-bond acceptors (Lipinski definition) is 5. The fourth-order valence-corrected chi connectivity index (χ4v) is 3.21. The first kappa shape index (κ1) is 18.2. The third kappa shape index (κ3) is 2.84. The fraction of sp³-hybridized carbons (Fsp3) is 0.211. The first-order valence-corrected chi connectivity index (χ1v) is 8.19. The van der Waals surface area contributed by atoms with E-state index in [1.54, 1.807) is 44.2 Å². The van der Waals surface area contributed by atoms with Crippen LogP contribution in [-0.4, -0.2) is 22.6 Å². The van der Waals surface area contributed by atoms with Gasteiger partial charge in [-0.1, -0.05) is 24.3 Å². The Morgan fingerprint density at radius 1 is 1.11 bits per heavy atom. The molecule has 0 fully saturated rings.